The number of rotatable bonds is 6. The molecule has 0 radical (unpaired) electrons. The quantitative estimate of drug-likeness (QED) is 0.843. The van der Waals surface area contributed by atoms with Crippen molar-refractivity contribution >= 4 is 5.97 Å². The first kappa shape index (κ1) is 14.6. The third kappa shape index (κ3) is 2.71. The first-order valence-corrected chi connectivity index (χ1v) is 8.02. The van der Waals surface area contributed by atoms with Crippen LogP contribution in [0.1, 0.15) is 49.9 Å². The van der Waals surface area contributed by atoms with E-state index in [0.717, 1.165) is 50.8 Å². The molecule has 2 unspecified atom stereocenters. The number of nitrogens with one attached hydrogen (secondary N) is 1. The first-order chi connectivity index (χ1) is 10.0. The molecule has 0 spiro atoms. The fourth-order valence-corrected chi connectivity index (χ4v) is 3.66. The van der Waals surface area contributed by atoms with Crippen LogP contribution >= 0.6 is 0 Å². The highest BCUT2D eigenvalue weighted by Gasteiger charge is 2.51. The summed E-state index contributed by atoms with van der Waals surface area (Å²) in [4.78, 5) is 16.2. The average molecular weight is 291 g/mol. The summed E-state index contributed by atoms with van der Waals surface area (Å²) in [5, 5.41) is 13.2. The minimum absolute atomic E-state index is 0.220. The van der Waals surface area contributed by atoms with Crippen molar-refractivity contribution in [2.24, 2.45) is 5.92 Å². The van der Waals surface area contributed by atoms with Crippen LogP contribution in [0, 0.1) is 19.8 Å². The van der Waals surface area contributed by atoms with Gasteiger partial charge in [-0.3, -0.25) is 10.1 Å². The molecule has 0 bridgehead atoms. The summed E-state index contributed by atoms with van der Waals surface area (Å²) in [5.41, 5.74) is 1.55. The molecule has 0 aromatic carbocycles. The molecule has 2 N–H and O–H groups in total. The lowest BCUT2D eigenvalue weighted by molar-refractivity contribution is -0.147. The van der Waals surface area contributed by atoms with E-state index in [1.54, 1.807) is 0 Å². The molecule has 2 fully saturated rings. The summed E-state index contributed by atoms with van der Waals surface area (Å²) >= 11 is 0. The van der Waals surface area contributed by atoms with Crippen molar-refractivity contribution in [2.45, 2.75) is 70.5 Å². The maximum Gasteiger partial charge on any atom is 0.324 e. The second-order valence-corrected chi connectivity index (χ2v) is 6.68. The molecule has 2 aliphatic carbocycles. The number of aliphatic carboxylic acids is 1. The van der Waals surface area contributed by atoms with Crippen molar-refractivity contribution in [1.29, 1.82) is 0 Å². The van der Waals surface area contributed by atoms with Crippen LogP contribution in [0.25, 0.3) is 0 Å². The van der Waals surface area contributed by atoms with Gasteiger partial charge in [-0.15, -0.1) is 0 Å². The van der Waals surface area contributed by atoms with Crippen molar-refractivity contribution in [3.63, 3.8) is 0 Å². The van der Waals surface area contributed by atoms with Crippen LogP contribution in [0.2, 0.25) is 0 Å². The number of hydrogen-bond donors (Lipinski definition) is 2. The standard InChI is InChI=1S/C16H25N3O2/c1-11-12(2)19(10-17-11)9-7-13-4-3-8-16(13,15(20)21)18-14-5-6-14/h10,13-14,18H,3-9H2,1-2H3,(H,20,21). The number of aromatic nitrogens is 2. The van der Waals surface area contributed by atoms with E-state index in [9.17, 15) is 9.90 Å². The molecule has 3 rings (SSSR count). The molecule has 0 saturated heterocycles. The van der Waals surface area contributed by atoms with Crippen LogP contribution < -0.4 is 5.32 Å². The largest absolute Gasteiger partial charge is 0.480 e. The number of carbonyl (C=O) groups is 1. The number of carboxylic acids is 1. The van der Waals surface area contributed by atoms with Gasteiger partial charge in [-0.25, -0.2) is 4.98 Å². The maximum absolute atomic E-state index is 11.9. The summed E-state index contributed by atoms with van der Waals surface area (Å²) < 4.78 is 2.15. The van der Waals surface area contributed by atoms with E-state index >= 15 is 0 Å². The summed E-state index contributed by atoms with van der Waals surface area (Å²) in [6.45, 7) is 4.94. The third-order valence-corrected chi connectivity index (χ3v) is 5.30. The molecule has 5 nitrogen and oxygen atoms in total. The number of imidazole rings is 1. The van der Waals surface area contributed by atoms with Gasteiger partial charge < -0.3 is 9.67 Å². The fourth-order valence-electron chi connectivity index (χ4n) is 3.66. The van der Waals surface area contributed by atoms with Gasteiger partial charge in [-0.05, 0) is 51.9 Å². The van der Waals surface area contributed by atoms with Gasteiger partial charge in [0.2, 0.25) is 0 Å². The van der Waals surface area contributed by atoms with Crippen molar-refractivity contribution < 1.29 is 9.90 Å². The lowest BCUT2D eigenvalue weighted by Gasteiger charge is -2.33. The Hall–Kier alpha value is -1.36. The molecule has 116 valence electrons. The van der Waals surface area contributed by atoms with Gasteiger partial charge >= 0.3 is 5.97 Å². The molecule has 2 atom stereocenters. The molecule has 21 heavy (non-hydrogen) atoms. The SMILES string of the molecule is Cc1ncn(CCC2CCCC2(NC2CC2)C(=O)O)c1C. The van der Waals surface area contributed by atoms with Gasteiger partial charge in [0.05, 0.1) is 12.0 Å². The van der Waals surface area contributed by atoms with Crippen LogP contribution in [0.4, 0.5) is 0 Å². The summed E-state index contributed by atoms with van der Waals surface area (Å²) in [6.07, 6.45) is 7.82. The minimum Gasteiger partial charge on any atom is -0.480 e. The van der Waals surface area contributed by atoms with Gasteiger partial charge in [0.15, 0.2) is 0 Å². The first-order valence-electron chi connectivity index (χ1n) is 8.02. The zero-order chi connectivity index (χ0) is 15.0. The van der Waals surface area contributed by atoms with E-state index in [-0.39, 0.29) is 5.92 Å². The van der Waals surface area contributed by atoms with Gasteiger partial charge in [-0.2, -0.15) is 0 Å². The van der Waals surface area contributed by atoms with Crippen molar-refractivity contribution in [3.05, 3.63) is 17.7 Å². The number of nitrogens with zero attached hydrogens (tertiary/aromatic N) is 2. The maximum atomic E-state index is 11.9. The Morgan fingerprint density at radius 3 is 2.81 bits per heavy atom. The van der Waals surface area contributed by atoms with E-state index in [4.69, 9.17) is 0 Å². The molecule has 1 aromatic rings. The molecule has 1 aromatic heterocycles. The van der Waals surface area contributed by atoms with E-state index in [0.29, 0.717) is 6.04 Å². The normalized spacial score (nSPS) is 29.0. The van der Waals surface area contributed by atoms with Crippen molar-refractivity contribution in [3.8, 4) is 0 Å². The Balaban J connectivity index is 1.70. The number of carboxylic acid groups (broad SMARTS) is 1. The molecule has 2 saturated carbocycles. The summed E-state index contributed by atoms with van der Waals surface area (Å²) in [5.74, 6) is -0.437. The predicted octanol–water partition coefficient (Wildman–Crippen LogP) is 2.27. The topological polar surface area (TPSA) is 67.2 Å². The number of aryl methyl sites for hydroxylation is 2. The molecule has 0 amide bonds. The zero-order valence-corrected chi connectivity index (χ0v) is 12.9. The number of hydrogen-bond acceptors (Lipinski definition) is 3. The van der Waals surface area contributed by atoms with Gasteiger partial charge in [-0.1, -0.05) is 6.42 Å². The van der Waals surface area contributed by atoms with E-state index in [2.05, 4.69) is 21.8 Å². The molecular weight excluding hydrogens is 266 g/mol. The highest BCUT2D eigenvalue weighted by molar-refractivity contribution is 5.80. The smallest absolute Gasteiger partial charge is 0.324 e. The van der Waals surface area contributed by atoms with Gasteiger partial charge in [0.25, 0.3) is 0 Å². The monoisotopic (exact) mass is 291 g/mol. The Labute approximate surface area is 125 Å². The highest BCUT2D eigenvalue weighted by atomic mass is 16.4. The average Bonchev–Trinajstić information content (AvgIpc) is 3.08. The van der Waals surface area contributed by atoms with Crippen LogP contribution in [0.3, 0.4) is 0 Å². The van der Waals surface area contributed by atoms with Crippen LogP contribution in [0.15, 0.2) is 6.33 Å². The Kier molecular flexibility index (Phi) is 3.78. The third-order valence-electron chi connectivity index (χ3n) is 5.30. The Morgan fingerprint density at radius 1 is 1.48 bits per heavy atom. The summed E-state index contributed by atoms with van der Waals surface area (Å²) in [6, 6.07) is 0.430. The second-order valence-electron chi connectivity index (χ2n) is 6.68. The lowest BCUT2D eigenvalue weighted by Crippen LogP contribution is -2.55. The summed E-state index contributed by atoms with van der Waals surface area (Å²) in [7, 11) is 0. The Bertz CT molecular complexity index is 536. The van der Waals surface area contributed by atoms with Gasteiger partial charge in [0.1, 0.15) is 5.54 Å². The van der Waals surface area contributed by atoms with E-state index < -0.39 is 11.5 Å². The van der Waals surface area contributed by atoms with E-state index in [1.165, 1.54) is 5.69 Å². The van der Waals surface area contributed by atoms with Crippen molar-refractivity contribution in [1.82, 2.24) is 14.9 Å². The van der Waals surface area contributed by atoms with Crippen LogP contribution in [-0.4, -0.2) is 32.2 Å². The molecule has 2 aliphatic rings. The fraction of sp³-hybridized carbons (Fsp3) is 0.750. The highest BCUT2D eigenvalue weighted by Crippen LogP contribution is 2.41. The van der Waals surface area contributed by atoms with Crippen LogP contribution in [0.5, 0.6) is 0 Å². The second kappa shape index (κ2) is 5.44. The Morgan fingerprint density at radius 2 is 2.24 bits per heavy atom. The van der Waals surface area contributed by atoms with Crippen LogP contribution in [-0.2, 0) is 11.3 Å². The molecule has 5 heteroatoms. The lowest BCUT2D eigenvalue weighted by atomic mass is 9.84. The molecule has 0 aliphatic heterocycles. The van der Waals surface area contributed by atoms with Gasteiger partial charge in [0, 0.05) is 18.3 Å². The molecular formula is C16H25N3O2. The van der Waals surface area contributed by atoms with Crippen molar-refractivity contribution in [2.75, 3.05) is 0 Å². The van der Waals surface area contributed by atoms with E-state index in [1.807, 2.05) is 13.3 Å². The zero-order valence-electron chi connectivity index (χ0n) is 12.9. The predicted molar refractivity (Wildman–Crippen MR) is 80.2 cm³/mol. The minimum atomic E-state index is -0.690. The molecule has 1 heterocycles.